The summed E-state index contributed by atoms with van der Waals surface area (Å²) >= 11 is 7.95. The molecule has 0 aliphatic heterocycles. The molecule has 2 heterocycles. The van der Waals surface area contributed by atoms with Crippen molar-refractivity contribution in [1.82, 2.24) is 9.55 Å². The van der Waals surface area contributed by atoms with Crippen molar-refractivity contribution in [2.45, 2.75) is 36.0 Å². The third-order valence-corrected chi connectivity index (χ3v) is 6.64. The number of rotatable bonds is 6. The summed E-state index contributed by atoms with van der Waals surface area (Å²) in [5, 5.41) is 11.3. The van der Waals surface area contributed by atoms with E-state index in [0.717, 1.165) is 37.6 Å². The van der Waals surface area contributed by atoms with E-state index < -0.39 is 11.9 Å². The van der Waals surface area contributed by atoms with Crippen LogP contribution >= 0.6 is 23.4 Å². The molecule has 4 aromatic rings. The van der Waals surface area contributed by atoms with E-state index in [4.69, 9.17) is 11.6 Å². The largest absolute Gasteiger partial charge is 0.481 e. The van der Waals surface area contributed by atoms with Crippen LogP contribution in [0.1, 0.15) is 30.5 Å². The highest BCUT2D eigenvalue weighted by Crippen LogP contribution is 2.41. The third-order valence-electron chi connectivity index (χ3n) is 5.20. The standard InChI is InChI=1S/C24H21ClN2O2S/c1-3-20(24(28)29)16-6-4-8-19(12-16)30-23-15(2)27(18-7-5-11-26-14-18)22-13-17(25)9-10-21(22)23/h4-14,20H,3H2,1-2H3,(H,28,29). The predicted octanol–water partition coefficient (Wildman–Crippen LogP) is 6.72. The van der Waals surface area contributed by atoms with E-state index in [1.54, 1.807) is 18.0 Å². The van der Waals surface area contributed by atoms with Crippen LogP contribution in [0.2, 0.25) is 5.02 Å². The van der Waals surface area contributed by atoms with Gasteiger partial charge in [0.25, 0.3) is 0 Å². The minimum Gasteiger partial charge on any atom is -0.481 e. The number of nitrogens with zero attached hydrogens (tertiary/aromatic N) is 2. The molecule has 0 fully saturated rings. The van der Waals surface area contributed by atoms with Gasteiger partial charge in [0.1, 0.15) is 0 Å². The Morgan fingerprint density at radius 2 is 2.03 bits per heavy atom. The van der Waals surface area contributed by atoms with Crippen LogP contribution in [0.25, 0.3) is 16.6 Å². The van der Waals surface area contributed by atoms with Gasteiger partial charge in [-0.05, 0) is 55.3 Å². The topological polar surface area (TPSA) is 55.1 Å². The maximum atomic E-state index is 11.6. The second kappa shape index (κ2) is 8.54. The minimum absolute atomic E-state index is 0.498. The number of aromatic nitrogens is 2. The molecule has 30 heavy (non-hydrogen) atoms. The van der Waals surface area contributed by atoms with Gasteiger partial charge >= 0.3 is 5.97 Å². The van der Waals surface area contributed by atoms with Crippen LogP contribution < -0.4 is 0 Å². The molecule has 0 saturated heterocycles. The smallest absolute Gasteiger partial charge is 0.310 e. The molecular weight excluding hydrogens is 416 g/mol. The molecule has 0 aliphatic rings. The second-order valence-electron chi connectivity index (χ2n) is 7.10. The number of hydrogen-bond acceptors (Lipinski definition) is 3. The van der Waals surface area contributed by atoms with E-state index in [0.29, 0.717) is 11.4 Å². The van der Waals surface area contributed by atoms with E-state index in [1.165, 1.54) is 0 Å². The number of pyridine rings is 1. The van der Waals surface area contributed by atoms with Gasteiger partial charge in [0.15, 0.2) is 0 Å². The molecule has 0 saturated carbocycles. The van der Waals surface area contributed by atoms with Crippen molar-refractivity contribution in [1.29, 1.82) is 0 Å². The highest BCUT2D eigenvalue weighted by atomic mass is 35.5. The fourth-order valence-electron chi connectivity index (χ4n) is 3.77. The summed E-state index contributed by atoms with van der Waals surface area (Å²) in [6, 6.07) is 17.7. The fourth-order valence-corrected chi connectivity index (χ4v) is 5.04. The van der Waals surface area contributed by atoms with Crippen molar-refractivity contribution in [2.75, 3.05) is 0 Å². The van der Waals surface area contributed by atoms with Crippen LogP contribution in [0, 0.1) is 6.92 Å². The van der Waals surface area contributed by atoms with Gasteiger partial charge in [-0.15, -0.1) is 0 Å². The quantitative estimate of drug-likeness (QED) is 0.364. The average molecular weight is 437 g/mol. The molecule has 0 bridgehead atoms. The molecule has 0 spiro atoms. The van der Waals surface area contributed by atoms with E-state index in [-0.39, 0.29) is 0 Å². The van der Waals surface area contributed by atoms with Gasteiger partial charge in [-0.25, -0.2) is 0 Å². The first kappa shape index (κ1) is 20.5. The highest BCUT2D eigenvalue weighted by Gasteiger charge is 2.20. The molecule has 4 nitrogen and oxygen atoms in total. The number of carbonyl (C=O) groups is 1. The molecule has 4 rings (SSSR count). The van der Waals surface area contributed by atoms with Crippen LogP contribution in [0.15, 0.2) is 76.8 Å². The second-order valence-corrected chi connectivity index (χ2v) is 8.62. The maximum absolute atomic E-state index is 11.6. The first-order chi connectivity index (χ1) is 14.5. The van der Waals surface area contributed by atoms with Crippen molar-refractivity contribution >= 4 is 40.2 Å². The van der Waals surface area contributed by atoms with Gasteiger partial charge in [-0.1, -0.05) is 48.5 Å². The lowest BCUT2D eigenvalue weighted by Gasteiger charge is -2.12. The molecular formula is C24H21ClN2O2S. The molecule has 1 unspecified atom stereocenters. The average Bonchev–Trinajstić information content (AvgIpc) is 3.00. The summed E-state index contributed by atoms with van der Waals surface area (Å²) in [4.78, 5) is 18.0. The lowest BCUT2D eigenvalue weighted by Crippen LogP contribution is -2.10. The van der Waals surface area contributed by atoms with Gasteiger partial charge in [-0.2, -0.15) is 0 Å². The van der Waals surface area contributed by atoms with E-state index in [1.807, 2.05) is 67.7 Å². The Morgan fingerprint density at radius 1 is 1.20 bits per heavy atom. The normalized spacial score (nSPS) is 12.2. The lowest BCUT2D eigenvalue weighted by atomic mass is 9.97. The van der Waals surface area contributed by atoms with Gasteiger partial charge in [0.05, 0.1) is 23.3 Å². The van der Waals surface area contributed by atoms with Gasteiger partial charge in [-0.3, -0.25) is 9.78 Å². The van der Waals surface area contributed by atoms with Gasteiger partial charge < -0.3 is 9.67 Å². The van der Waals surface area contributed by atoms with Crippen molar-refractivity contribution in [3.8, 4) is 5.69 Å². The Morgan fingerprint density at radius 3 is 2.73 bits per heavy atom. The monoisotopic (exact) mass is 436 g/mol. The van der Waals surface area contributed by atoms with Crippen molar-refractivity contribution in [2.24, 2.45) is 0 Å². The Bertz CT molecular complexity index is 1220. The van der Waals surface area contributed by atoms with E-state index >= 15 is 0 Å². The van der Waals surface area contributed by atoms with Crippen LogP contribution in [0.5, 0.6) is 0 Å². The van der Waals surface area contributed by atoms with Crippen LogP contribution in [0.4, 0.5) is 0 Å². The zero-order chi connectivity index (χ0) is 21.3. The number of hydrogen-bond donors (Lipinski definition) is 1. The van der Waals surface area contributed by atoms with Crippen LogP contribution in [-0.2, 0) is 4.79 Å². The third kappa shape index (κ3) is 3.83. The summed E-state index contributed by atoms with van der Waals surface area (Å²) in [5.41, 5.74) is 3.90. The summed E-state index contributed by atoms with van der Waals surface area (Å²) in [6.45, 7) is 3.98. The predicted molar refractivity (Wildman–Crippen MR) is 122 cm³/mol. The van der Waals surface area contributed by atoms with E-state index in [9.17, 15) is 9.90 Å². The Hall–Kier alpha value is -2.76. The van der Waals surface area contributed by atoms with Crippen LogP contribution in [-0.4, -0.2) is 20.6 Å². The number of carboxylic acids is 1. The Balaban J connectivity index is 1.83. The Kier molecular flexibility index (Phi) is 5.84. The number of aliphatic carboxylic acids is 1. The van der Waals surface area contributed by atoms with E-state index in [2.05, 4.69) is 16.5 Å². The molecule has 0 aliphatic carbocycles. The van der Waals surface area contributed by atoms with Gasteiger partial charge in [0.2, 0.25) is 0 Å². The molecule has 1 atom stereocenters. The van der Waals surface area contributed by atoms with Crippen LogP contribution in [0.3, 0.4) is 0 Å². The Labute approximate surface area is 184 Å². The molecule has 2 aromatic carbocycles. The molecule has 152 valence electrons. The SMILES string of the molecule is CCC(C(=O)O)c1cccc(Sc2c(C)n(-c3cccnc3)c3cc(Cl)ccc23)c1. The summed E-state index contributed by atoms with van der Waals surface area (Å²) < 4.78 is 2.16. The summed E-state index contributed by atoms with van der Waals surface area (Å²) in [7, 11) is 0. The molecule has 2 aromatic heterocycles. The molecule has 6 heteroatoms. The number of fused-ring (bicyclic) bond motifs is 1. The number of carboxylic acid groups (broad SMARTS) is 1. The first-order valence-corrected chi connectivity index (χ1v) is 10.9. The maximum Gasteiger partial charge on any atom is 0.310 e. The summed E-state index contributed by atoms with van der Waals surface area (Å²) in [6.07, 6.45) is 4.15. The highest BCUT2D eigenvalue weighted by molar-refractivity contribution is 7.99. The van der Waals surface area contributed by atoms with Crippen molar-refractivity contribution in [3.05, 3.63) is 83.3 Å². The summed E-state index contributed by atoms with van der Waals surface area (Å²) in [5.74, 6) is -1.29. The number of benzene rings is 2. The van der Waals surface area contributed by atoms with Crippen molar-refractivity contribution < 1.29 is 9.90 Å². The van der Waals surface area contributed by atoms with Gasteiger partial charge in [0, 0.05) is 32.1 Å². The molecule has 0 radical (unpaired) electrons. The fraction of sp³-hybridized carbons (Fsp3) is 0.167. The first-order valence-electron chi connectivity index (χ1n) is 9.71. The zero-order valence-corrected chi connectivity index (χ0v) is 18.2. The zero-order valence-electron chi connectivity index (χ0n) is 16.7. The lowest BCUT2D eigenvalue weighted by molar-refractivity contribution is -0.138. The minimum atomic E-state index is -0.793. The molecule has 1 N–H and O–H groups in total. The number of halogens is 1. The van der Waals surface area contributed by atoms with Crippen molar-refractivity contribution in [3.63, 3.8) is 0 Å². The molecule has 0 amide bonds.